The summed E-state index contributed by atoms with van der Waals surface area (Å²) < 4.78 is 5.02. The lowest BCUT2D eigenvalue weighted by molar-refractivity contribution is -0.120. The van der Waals surface area contributed by atoms with Gasteiger partial charge >= 0.3 is 0 Å². The number of carbonyl (C=O) groups is 1. The maximum atomic E-state index is 12.2. The molecule has 5 heteroatoms. The molecular weight excluding hydrogens is 254 g/mol. The molecule has 0 fully saturated rings. The molecule has 3 N–H and O–H groups in total. The average Bonchev–Trinajstić information content (AvgIpc) is 2.41. The number of amides is 1. The third-order valence-electron chi connectivity index (χ3n) is 3.41. The quantitative estimate of drug-likeness (QED) is 0.590. The summed E-state index contributed by atoms with van der Waals surface area (Å²) in [5.74, 6) is -0.0159. The normalized spacial score (nSPS) is 12.4. The molecule has 0 aromatic heterocycles. The standard InChI is InChI=1S/C15H25N3O2/c1-11-10-13(16)6-7-14(11)17-15(19)12(2)18(3)8-5-9-20-4/h6-7,10,12H,5,8-9,16H2,1-4H3,(H,17,19). The van der Waals surface area contributed by atoms with Gasteiger partial charge in [0.1, 0.15) is 0 Å². The van der Waals surface area contributed by atoms with E-state index < -0.39 is 0 Å². The third-order valence-corrected chi connectivity index (χ3v) is 3.41. The molecule has 0 aliphatic heterocycles. The topological polar surface area (TPSA) is 67.6 Å². The van der Waals surface area contributed by atoms with Gasteiger partial charge in [-0.3, -0.25) is 9.69 Å². The Hall–Kier alpha value is -1.59. The van der Waals surface area contributed by atoms with Crippen LogP contribution in [0.2, 0.25) is 0 Å². The van der Waals surface area contributed by atoms with Crippen LogP contribution in [0.3, 0.4) is 0 Å². The van der Waals surface area contributed by atoms with Gasteiger partial charge in [0.2, 0.25) is 5.91 Å². The van der Waals surface area contributed by atoms with Gasteiger partial charge in [0.05, 0.1) is 6.04 Å². The number of nitrogen functional groups attached to an aromatic ring is 1. The monoisotopic (exact) mass is 279 g/mol. The summed E-state index contributed by atoms with van der Waals surface area (Å²) in [6, 6.07) is 5.28. The van der Waals surface area contributed by atoms with Crippen LogP contribution < -0.4 is 11.1 Å². The number of anilines is 2. The minimum Gasteiger partial charge on any atom is -0.399 e. The SMILES string of the molecule is COCCCN(C)C(C)C(=O)Nc1ccc(N)cc1C. The zero-order chi connectivity index (χ0) is 15.1. The van der Waals surface area contributed by atoms with Crippen molar-refractivity contribution in [2.24, 2.45) is 0 Å². The van der Waals surface area contributed by atoms with Crippen LogP contribution in [0.5, 0.6) is 0 Å². The fraction of sp³-hybridized carbons (Fsp3) is 0.533. The first kappa shape index (κ1) is 16.5. The van der Waals surface area contributed by atoms with E-state index >= 15 is 0 Å². The molecule has 5 nitrogen and oxygen atoms in total. The Morgan fingerprint density at radius 1 is 1.50 bits per heavy atom. The van der Waals surface area contributed by atoms with Gasteiger partial charge in [-0.25, -0.2) is 0 Å². The molecule has 1 aromatic rings. The van der Waals surface area contributed by atoms with Gasteiger partial charge < -0.3 is 15.8 Å². The van der Waals surface area contributed by atoms with E-state index in [1.54, 1.807) is 13.2 Å². The molecular formula is C15H25N3O2. The van der Waals surface area contributed by atoms with Gasteiger partial charge in [-0.05, 0) is 51.1 Å². The average molecular weight is 279 g/mol. The van der Waals surface area contributed by atoms with Crippen molar-refractivity contribution in [1.29, 1.82) is 0 Å². The highest BCUT2D eigenvalue weighted by Gasteiger charge is 2.18. The highest BCUT2D eigenvalue weighted by molar-refractivity contribution is 5.95. The number of nitrogens with one attached hydrogen (secondary N) is 1. The van der Waals surface area contributed by atoms with Gasteiger partial charge in [-0.2, -0.15) is 0 Å². The molecule has 1 atom stereocenters. The highest BCUT2D eigenvalue weighted by Crippen LogP contribution is 2.18. The maximum absolute atomic E-state index is 12.2. The van der Waals surface area contributed by atoms with Crippen LogP contribution in [0.25, 0.3) is 0 Å². The number of aryl methyl sites for hydroxylation is 1. The Morgan fingerprint density at radius 3 is 2.80 bits per heavy atom. The number of ether oxygens (including phenoxy) is 1. The van der Waals surface area contributed by atoms with Crippen LogP contribution in [0.4, 0.5) is 11.4 Å². The van der Waals surface area contributed by atoms with Gasteiger partial charge in [0.15, 0.2) is 0 Å². The molecule has 0 heterocycles. The van der Waals surface area contributed by atoms with Crippen molar-refractivity contribution in [2.75, 3.05) is 38.4 Å². The second kappa shape index (κ2) is 7.87. The number of likely N-dealkylation sites (N-methyl/N-ethyl adjacent to an activating group) is 1. The molecule has 0 aliphatic carbocycles. The van der Waals surface area contributed by atoms with Crippen molar-refractivity contribution in [1.82, 2.24) is 4.90 Å². The number of hydrogen-bond acceptors (Lipinski definition) is 4. The van der Waals surface area contributed by atoms with E-state index in [1.807, 2.05) is 37.9 Å². The molecule has 0 spiro atoms. The number of methoxy groups -OCH3 is 1. The summed E-state index contributed by atoms with van der Waals surface area (Å²) in [6.07, 6.45) is 0.908. The van der Waals surface area contributed by atoms with Crippen molar-refractivity contribution < 1.29 is 9.53 Å². The summed E-state index contributed by atoms with van der Waals surface area (Å²) in [5.41, 5.74) is 8.17. The van der Waals surface area contributed by atoms with Crippen LogP contribution in [0.15, 0.2) is 18.2 Å². The van der Waals surface area contributed by atoms with E-state index in [0.717, 1.165) is 24.2 Å². The van der Waals surface area contributed by atoms with Crippen molar-refractivity contribution >= 4 is 17.3 Å². The van der Waals surface area contributed by atoms with Gasteiger partial charge in [0.25, 0.3) is 0 Å². The predicted molar refractivity (Wildman–Crippen MR) is 82.8 cm³/mol. The summed E-state index contributed by atoms with van der Waals surface area (Å²) in [6.45, 7) is 5.35. The molecule has 1 unspecified atom stereocenters. The van der Waals surface area contributed by atoms with Crippen LogP contribution in [-0.4, -0.2) is 44.2 Å². The fourth-order valence-electron chi connectivity index (χ4n) is 1.92. The highest BCUT2D eigenvalue weighted by atomic mass is 16.5. The van der Waals surface area contributed by atoms with Crippen LogP contribution in [-0.2, 0) is 9.53 Å². The second-order valence-corrected chi connectivity index (χ2v) is 5.07. The van der Waals surface area contributed by atoms with Crippen LogP contribution in [0.1, 0.15) is 18.9 Å². The van der Waals surface area contributed by atoms with Crippen LogP contribution in [0, 0.1) is 6.92 Å². The Bertz CT molecular complexity index is 449. The van der Waals surface area contributed by atoms with Crippen LogP contribution >= 0.6 is 0 Å². The van der Waals surface area contributed by atoms with E-state index in [-0.39, 0.29) is 11.9 Å². The maximum Gasteiger partial charge on any atom is 0.241 e. The molecule has 0 bridgehead atoms. The fourth-order valence-corrected chi connectivity index (χ4v) is 1.92. The molecule has 1 amide bonds. The van der Waals surface area contributed by atoms with E-state index in [0.29, 0.717) is 12.3 Å². The van der Waals surface area contributed by atoms with E-state index in [9.17, 15) is 4.79 Å². The van der Waals surface area contributed by atoms with E-state index in [1.165, 1.54) is 0 Å². The van der Waals surface area contributed by atoms with Crippen molar-refractivity contribution in [3.05, 3.63) is 23.8 Å². The lowest BCUT2D eigenvalue weighted by Crippen LogP contribution is -2.40. The number of carbonyl (C=O) groups excluding carboxylic acids is 1. The van der Waals surface area contributed by atoms with Gasteiger partial charge in [-0.1, -0.05) is 0 Å². The summed E-state index contributed by atoms with van der Waals surface area (Å²) in [4.78, 5) is 14.2. The first-order valence-corrected chi connectivity index (χ1v) is 6.82. The molecule has 0 saturated carbocycles. The first-order chi connectivity index (χ1) is 9.45. The van der Waals surface area contributed by atoms with Crippen molar-refractivity contribution in [3.63, 3.8) is 0 Å². The predicted octanol–water partition coefficient (Wildman–Crippen LogP) is 1.87. The minimum atomic E-state index is -0.191. The minimum absolute atomic E-state index is 0.0159. The van der Waals surface area contributed by atoms with Gasteiger partial charge in [-0.15, -0.1) is 0 Å². The largest absolute Gasteiger partial charge is 0.399 e. The Balaban J connectivity index is 2.56. The second-order valence-electron chi connectivity index (χ2n) is 5.07. The van der Waals surface area contributed by atoms with E-state index in [4.69, 9.17) is 10.5 Å². The molecule has 0 saturated heterocycles. The lowest BCUT2D eigenvalue weighted by atomic mass is 10.1. The number of hydrogen-bond donors (Lipinski definition) is 2. The number of benzene rings is 1. The number of nitrogens with zero attached hydrogens (tertiary/aromatic N) is 1. The summed E-state index contributed by atoms with van der Waals surface area (Å²) in [7, 11) is 3.62. The zero-order valence-electron chi connectivity index (χ0n) is 12.8. The summed E-state index contributed by atoms with van der Waals surface area (Å²) >= 11 is 0. The number of nitrogens with two attached hydrogens (primary N) is 1. The third kappa shape index (κ3) is 4.83. The first-order valence-electron chi connectivity index (χ1n) is 6.82. The molecule has 1 rings (SSSR count). The zero-order valence-corrected chi connectivity index (χ0v) is 12.8. The lowest BCUT2D eigenvalue weighted by Gasteiger charge is -2.24. The Labute approximate surface area is 121 Å². The molecule has 0 radical (unpaired) electrons. The van der Waals surface area contributed by atoms with Crippen molar-refractivity contribution in [2.45, 2.75) is 26.3 Å². The molecule has 20 heavy (non-hydrogen) atoms. The van der Waals surface area contributed by atoms with Gasteiger partial charge in [0, 0.05) is 31.6 Å². The molecule has 0 aliphatic rings. The van der Waals surface area contributed by atoms with E-state index in [2.05, 4.69) is 5.32 Å². The molecule has 112 valence electrons. The van der Waals surface area contributed by atoms with Crippen molar-refractivity contribution in [3.8, 4) is 0 Å². The smallest absolute Gasteiger partial charge is 0.241 e. The Kier molecular flexibility index (Phi) is 6.48. The molecule has 1 aromatic carbocycles. The number of rotatable bonds is 7. The summed E-state index contributed by atoms with van der Waals surface area (Å²) in [5, 5.41) is 2.94. The Morgan fingerprint density at radius 2 is 2.20 bits per heavy atom.